The number of nitrogens with zero attached hydrogens (tertiary/aromatic N) is 2. The number of benzene rings is 1. The normalized spacial score (nSPS) is 12.4. The first-order valence-corrected chi connectivity index (χ1v) is 7.20. The summed E-state index contributed by atoms with van der Waals surface area (Å²) in [7, 11) is 0. The molecule has 1 heterocycles. The Morgan fingerprint density at radius 1 is 1.33 bits per heavy atom. The zero-order valence-corrected chi connectivity index (χ0v) is 12.6. The van der Waals surface area contributed by atoms with Crippen molar-refractivity contribution in [2.24, 2.45) is 5.73 Å². The fourth-order valence-corrected chi connectivity index (χ4v) is 2.89. The summed E-state index contributed by atoms with van der Waals surface area (Å²) in [5, 5.41) is 0.754. The molecule has 0 spiro atoms. The van der Waals surface area contributed by atoms with Crippen LogP contribution < -0.4 is 5.73 Å². The Kier molecular flexibility index (Phi) is 4.37. The first-order valence-electron chi connectivity index (χ1n) is 5.59. The quantitative estimate of drug-likeness (QED) is 0.874. The summed E-state index contributed by atoms with van der Waals surface area (Å²) in [5.74, 6) is 0. The first kappa shape index (κ1) is 13.5. The standard InChI is InChI=1S/C13H14BrN3S/c1-8-5-6-16-13(17-8)18-12-4-3-10(9(2)15)7-11(12)14/h3-7,9H,15H2,1-2H3. The van der Waals surface area contributed by atoms with Gasteiger partial charge in [-0.25, -0.2) is 9.97 Å². The van der Waals surface area contributed by atoms with Crippen LogP contribution in [-0.4, -0.2) is 9.97 Å². The minimum Gasteiger partial charge on any atom is -0.324 e. The molecule has 0 saturated carbocycles. The zero-order chi connectivity index (χ0) is 13.1. The minimum atomic E-state index is 0.0376. The number of aromatic nitrogens is 2. The second kappa shape index (κ2) is 5.82. The van der Waals surface area contributed by atoms with Crippen LogP contribution in [0.15, 0.2) is 45.0 Å². The second-order valence-electron chi connectivity index (χ2n) is 4.06. The fourth-order valence-electron chi connectivity index (χ4n) is 1.46. The average Bonchev–Trinajstić information content (AvgIpc) is 2.31. The molecule has 0 fully saturated rings. The topological polar surface area (TPSA) is 51.8 Å². The van der Waals surface area contributed by atoms with Crippen molar-refractivity contribution in [3.63, 3.8) is 0 Å². The first-order chi connectivity index (χ1) is 8.56. The lowest BCUT2D eigenvalue weighted by molar-refractivity contribution is 0.815. The van der Waals surface area contributed by atoms with Gasteiger partial charge < -0.3 is 5.73 Å². The van der Waals surface area contributed by atoms with E-state index in [1.165, 1.54) is 11.8 Å². The van der Waals surface area contributed by atoms with Gasteiger partial charge >= 0.3 is 0 Å². The minimum absolute atomic E-state index is 0.0376. The van der Waals surface area contributed by atoms with Gasteiger partial charge in [0.2, 0.25) is 0 Å². The van der Waals surface area contributed by atoms with Gasteiger partial charge in [0.05, 0.1) is 0 Å². The molecule has 0 bridgehead atoms. The molecular weight excluding hydrogens is 310 g/mol. The fraction of sp³-hybridized carbons (Fsp3) is 0.231. The van der Waals surface area contributed by atoms with Crippen molar-refractivity contribution in [2.45, 2.75) is 29.9 Å². The molecule has 0 amide bonds. The Hall–Kier alpha value is -0.910. The molecule has 18 heavy (non-hydrogen) atoms. The molecule has 0 aliphatic heterocycles. The predicted octanol–water partition coefficient (Wildman–Crippen LogP) is 3.72. The molecule has 94 valence electrons. The Morgan fingerprint density at radius 3 is 2.72 bits per heavy atom. The molecule has 1 unspecified atom stereocenters. The number of nitrogens with two attached hydrogens (primary N) is 1. The van der Waals surface area contributed by atoms with Crippen LogP contribution in [0.5, 0.6) is 0 Å². The van der Waals surface area contributed by atoms with Crippen molar-refractivity contribution in [3.8, 4) is 0 Å². The van der Waals surface area contributed by atoms with Crippen molar-refractivity contribution in [1.82, 2.24) is 9.97 Å². The van der Waals surface area contributed by atoms with E-state index in [1.54, 1.807) is 6.20 Å². The second-order valence-corrected chi connectivity index (χ2v) is 5.92. The predicted molar refractivity (Wildman–Crippen MR) is 77.6 cm³/mol. The highest BCUT2D eigenvalue weighted by Gasteiger charge is 2.07. The van der Waals surface area contributed by atoms with Crippen LogP contribution in [0.2, 0.25) is 0 Å². The molecular formula is C13H14BrN3S. The number of rotatable bonds is 3. The van der Waals surface area contributed by atoms with E-state index < -0.39 is 0 Å². The van der Waals surface area contributed by atoms with Gasteiger partial charge in [0.25, 0.3) is 0 Å². The van der Waals surface area contributed by atoms with Gasteiger partial charge in [-0.1, -0.05) is 6.07 Å². The summed E-state index contributed by atoms with van der Waals surface area (Å²) in [6.07, 6.45) is 1.77. The van der Waals surface area contributed by atoms with E-state index in [9.17, 15) is 0 Å². The van der Waals surface area contributed by atoms with E-state index in [0.717, 1.165) is 25.8 Å². The van der Waals surface area contributed by atoms with Crippen LogP contribution >= 0.6 is 27.7 Å². The van der Waals surface area contributed by atoms with Gasteiger partial charge in [0.15, 0.2) is 5.16 Å². The highest BCUT2D eigenvalue weighted by Crippen LogP contribution is 2.33. The molecule has 5 heteroatoms. The molecule has 0 aliphatic carbocycles. The van der Waals surface area contributed by atoms with Crippen molar-refractivity contribution >= 4 is 27.7 Å². The molecule has 1 aromatic heterocycles. The molecule has 0 radical (unpaired) electrons. The van der Waals surface area contributed by atoms with Gasteiger partial charge in [0, 0.05) is 27.3 Å². The van der Waals surface area contributed by atoms with E-state index in [1.807, 2.05) is 38.1 Å². The molecule has 2 rings (SSSR count). The summed E-state index contributed by atoms with van der Waals surface area (Å²) in [5.41, 5.74) is 7.93. The largest absolute Gasteiger partial charge is 0.324 e. The number of aryl methyl sites for hydroxylation is 1. The smallest absolute Gasteiger partial charge is 0.192 e. The van der Waals surface area contributed by atoms with E-state index >= 15 is 0 Å². The SMILES string of the molecule is Cc1ccnc(Sc2ccc(C(C)N)cc2Br)n1. The van der Waals surface area contributed by atoms with Gasteiger partial charge in [0.1, 0.15) is 0 Å². The van der Waals surface area contributed by atoms with Crippen molar-refractivity contribution < 1.29 is 0 Å². The van der Waals surface area contributed by atoms with Gasteiger partial charge in [-0.05, 0) is 65.3 Å². The Morgan fingerprint density at radius 2 is 2.11 bits per heavy atom. The molecule has 0 saturated heterocycles. The Balaban J connectivity index is 2.24. The summed E-state index contributed by atoms with van der Waals surface area (Å²) >= 11 is 5.10. The van der Waals surface area contributed by atoms with Crippen LogP contribution in [0.1, 0.15) is 24.2 Å². The number of halogens is 1. The monoisotopic (exact) mass is 323 g/mol. The van der Waals surface area contributed by atoms with Gasteiger partial charge in [-0.3, -0.25) is 0 Å². The molecule has 2 aromatic rings. The lowest BCUT2D eigenvalue weighted by Crippen LogP contribution is -2.04. The van der Waals surface area contributed by atoms with Crippen LogP contribution in [0, 0.1) is 6.92 Å². The van der Waals surface area contributed by atoms with Crippen LogP contribution in [-0.2, 0) is 0 Å². The average molecular weight is 324 g/mol. The number of hydrogen-bond donors (Lipinski definition) is 1. The summed E-state index contributed by atoms with van der Waals surface area (Å²) in [6, 6.07) is 8.05. The zero-order valence-electron chi connectivity index (χ0n) is 10.2. The van der Waals surface area contributed by atoms with E-state index in [4.69, 9.17) is 5.73 Å². The molecule has 0 aliphatic rings. The van der Waals surface area contributed by atoms with Gasteiger partial charge in [-0.2, -0.15) is 0 Å². The molecule has 2 N–H and O–H groups in total. The van der Waals surface area contributed by atoms with Gasteiger partial charge in [-0.15, -0.1) is 0 Å². The maximum atomic E-state index is 5.85. The summed E-state index contributed by atoms with van der Waals surface area (Å²) in [6.45, 7) is 3.93. The Bertz CT molecular complexity index is 558. The van der Waals surface area contributed by atoms with Crippen molar-refractivity contribution in [2.75, 3.05) is 0 Å². The van der Waals surface area contributed by atoms with E-state index in [2.05, 4.69) is 25.9 Å². The maximum absolute atomic E-state index is 5.85. The lowest BCUT2D eigenvalue weighted by atomic mass is 10.1. The van der Waals surface area contributed by atoms with Crippen molar-refractivity contribution in [3.05, 3.63) is 46.2 Å². The van der Waals surface area contributed by atoms with E-state index in [-0.39, 0.29) is 6.04 Å². The molecule has 1 aromatic carbocycles. The Labute approximate surface area is 119 Å². The molecule has 3 nitrogen and oxygen atoms in total. The third-order valence-electron chi connectivity index (χ3n) is 2.46. The molecule has 1 atom stereocenters. The van der Waals surface area contributed by atoms with Crippen molar-refractivity contribution in [1.29, 1.82) is 0 Å². The van der Waals surface area contributed by atoms with E-state index in [0.29, 0.717) is 0 Å². The number of hydrogen-bond acceptors (Lipinski definition) is 4. The lowest BCUT2D eigenvalue weighted by Gasteiger charge is -2.09. The highest BCUT2D eigenvalue weighted by atomic mass is 79.9. The maximum Gasteiger partial charge on any atom is 0.192 e. The van der Waals surface area contributed by atoms with Crippen LogP contribution in [0.4, 0.5) is 0 Å². The third-order valence-corrected chi connectivity index (χ3v) is 4.33. The summed E-state index contributed by atoms with van der Waals surface area (Å²) in [4.78, 5) is 9.70. The van der Waals surface area contributed by atoms with Crippen LogP contribution in [0.25, 0.3) is 0 Å². The van der Waals surface area contributed by atoms with Crippen LogP contribution in [0.3, 0.4) is 0 Å². The third kappa shape index (κ3) is 3.31. The highest BCUT2D eigenvalue weighted by molar-refractivity contribution is 9.10. The summed E-state index contributed by atoms with van der Waals surface area (Å²) < 4.78 is 1.02.